The number of carbonyl (C=O) groups is 1. The van der Waals surface area contributed by atoms with Crippen LogP contribution in [-0.4, -0.2) is 48.5 Å². The molecular formula is C12H6N7O3-. The van der Waals surface area contributed by atoms with E-state index in [2.05, 4.69) is 30.8 Å². The van der Waals surface area contributed by atoms with Gasteiger partial charge in [0.2, 0.25) is 0 Å². The van der Waals surface area contributed by atoms with Gasteiger partial charge in [0.25, 0.3) is 5.78 Å². The van der Waals surface area contributed by atoms with Gasteiger partial charge in [0, 0.05) is 11.1 Å². The maximum Gasteiger partial charge on any atom is 0.291 e. The second kappa shape index (κ2) is 4.55. The normalized spacial score (nSPS) is 14.1. The van der Waals surface area contributed by atoms with Gasteiger partial charge >= 0.3 is 0 Å². The Morgan fingerprint density at radius 3 is 2.91 bits per heavy atom. The summed E-state index contributed by atoms with van der Waals surface area (Å²) in [4.78, 5) is 19.6. The van der Waals surface area contributed by atoms with Gasteiger partial charge < -0.3 is 14.7 Å². The molecular weight excluding hydrogens is 290 g/mol. The van der Waals surface area contributed by atoms with Crippen LogP contribution in [0.15, 0.2) is 29.4 Å². The SMILES string of the molecule is O=C([O-])CO/N=C1\c2ccccc2-c2nc3nnnn3nc21. The highest BCUT2D eigenvalue weighted by atomic mass is 16.6. The summed E-state index contributed by atoms with van der Waals surface area (Å²) >= 11 is 0. The highest BCUT2D eigenvalue weighted by molar-refractivity contribution is 6.22. The minimum Gasteiger partial charge on any atom is -0.546 e. The zero-order chi connectivity index (χ0) is 15.1. The summed E-state index contributed by atoms with van der Waals surface area (Å²) in [5.41, 5.74) is 2.88. The quantitative estimate of drug-likeness (QED) is 0.414. The summed E-state index contributed by atoms with van der Waals surface area (Å²) in [7, 11) is 0. The van der Waals surface area contributed by atoms with E-state index >= 15 is 0 Å². The van der Waals surface area contributed by atoms with Crippen LogP contribution in [0.2, 0.25) is 0 Å². The van der Waals surface area contributed by atoms with Crippen molar-refractivity contribution in [2.24, 2.45) is 5.16 Å². The molecule has 2 aromatic heterocycles. The van der Waals surface area contributed by atoms with Crippen LogP contribution in [0.1, 0.15) is 11.3 Å². The average Bonchev–Trinajstić information content (AvgIpc) is 3.08. The summed E-state index contributed by atoms with van der Waals surface area (Å²) in [5.74, 6) is -1.11. The Morgan fingerprint density at radius 2 is 2.09 bits per heavy atom. The third-order valence-electron chi connectivity index (χ3n) is 3.07. The smallest absolute Gasteiger partial charge is 0.291 e. The van der Waals surface area contributed by atoms with Crippen LogP contribution in [0.3, 0.4) is 0 Å². The van der Waals surface area contributed by atoms with Crippen molar-refractivity contribution in [3.8, 4) is 11.3 Å². The monoisotopic (exact) mass is 296 g/mol. The molecule has 0 radical (unpaired) electrons. The van der Waals surface area contributed by atoms with E-state index in [-0.39, 0.29) is 5.78 Å². The first-order chi connectivity index (χ1) is 10.7. The van der Waals surface area contributed by atoms with E-state index in [9.17, 15) is 9.90 Å². The Balaban J connectivity index is 1.90. The number of fused-ring (bicyclic) bond motifs is 4. The molecule has 0 bridgehead atoms. The lowest BCUT2D eigenvalue weighted by Gasteiger charge is -2.02. The molecule has 1 aliphatic rings. The molecule has 108 valence electrons. The summed E-state index contributed by atoms with van der Waals surface area (Å²) in [5, 5.41) is 29.5. The Labute approximate surface area is 122 Å². The van der Waals surface area contributed by atoms with Crippen LogP contribution in [0.5, 0.6) is 0 Å². The topological polar surface area (TPSA) is 131 Å². The standard InChI is InChI=1S/C12H7N7O3/c20-8(21)5-22-16-10-7-4-2-1-3-6(7)9-11(10)15-19-12(13-9)14-17-18-19/h1-4H,5H2,(H,20,21)/p-1/b16-10+. The fourth-order valence-corrected chi connectivity index (χ4v) is 2.22. The Hall–Kier alpha value is -3.43. The van der Waals surface area contributed by atoms with Gasteiger partial charge in [-0.15, -0.1) is 5.10 Å². The van der Waals surface area contributed by atoms with Crippen LogP contribution in [0, 0.1) is 0 Å². The van der Waals surface area contributed by atoms with Crippen molar-refractivity contribution in [2.75, 3.05) is 6.61 Å². The second-order valence-corrected chi connectivity index (χ2v) is 4.41. The number of oxime groups is 1. The molecule has 0 saturated heterocycles. The highest BCUT2D eigenvalue weighted by Gasteiger charge is 2.29. The number of nitrogens with zero attached hydrogens (tertiary/aromatic N) is 7. The summed E-state index contributed by atoms with van der Waals surface area (Å²) in [6.45, 7) is -0.651. The van der Waals surface area contributed by atoms with Gasteiger partial charge in [0.1, 0.15) is 17.1 Å². The van der Waals surface area contributed by atoms with E-state index < -0.39 is 12.6 Å². The molecule has 10 heteroatoms. The summed E-state index contributed by atoms with van der Waals surface area (Å²) < 4.78 is 1.17. The van der Waals surface area contributed by atoms with Gasteiger partial charge in [-0.2, -0.15) is 0 Å². The third kappa shape index (κ3) is 1.78. The fourth-order valence-electron chi connectivity index (χ4n) is 2.22. The zero-order valence-corrected chi connectivity index (χ0v) is 10.9. The molecule has 0 saturated carbocycles. The molecule has 0 N–H and O–H groups in total. The lowest BCUT2D eigenvalue weighted by molar-refractivity contribution is -0.309. The van der Waals surface area contributed by atoms with Gasteiger partial charge in [0.05, 0.1) is 5.97 Å². The number of tetrazole rings is 1. The van der Waals surface area contributed by atoms with Crippen LogP contribution in [0.4, 0.5) is 0 Å². The average molecular weight is 296 g/mol. The number of carboxylic acids is 1. The molecule has 0 atom stereocenters. The zero-order valence-electron chi connectivity index (χ0n) is 10.9. The van der Waals surface area contributed by atoms with Crippen molar-refractivity contribution in [1.29, 1.82) is 0 Å². The lowest BCUT2D eigenvalue weighted by Crippen LogP contribution is -2.26. The predicted octanol–water partition coefficient (Wildman–Crippen LogP) is -1.59. The van der Waals surface area contributed by atoms with Crippen molar-refractivity contribution in [3.05, 3.63) is 35.5 Å². The minimum absolute atomic E-state index is 0.255. The maximum atomic E-state index is 10.4. The van der Waals surface area contributed by atoms with E-state index in [1.54, 1.807) is 0 Å². The van der Waals surface area contributed by atoms with Gasteiger partial charge in [-0.25, -0.2) is 4.98 Å². The van der Waals surface area contributed by atoms with Gasteiger partial charge in [-0.3, -0.25) is 0 Å². The van der Waals surface area contributed by atoms with Gasteiger partial charge in [-0.1, -0.05) is 39.1 Å². The maximum absolute atomic E-state index is 10.4. The number of carbonyl (C=O) groups excluding carboxylic acids is 1. The van der Waals surface area contributed by atoms with Gasteiger partial charge in [-0.05, 0) is 10.4 Å². The molecule has 3 aromatic rings. The lowest BCUT2D eigenvalue weighted by atomic mass is 10.1. The molecule has 1 aromatic carbocycles. The van der Waals surface area contributed by atoms with Crippen LogP contribution in [0.25, 0.3) is 17.0 Å². The van der Waals surface area contributed by atoms with Crippen molar-refractivity contribution in [3.63, 3.8) is 0 Å². The summed E-state index contributed by atoms with van der Waals surface area (Å²) in [6.07, 6.45) is 0. The number of hydrogen-bond donors (Lipinski definition) is 0. The van der Waals surface area contributed by atoms with Crippen molar-refractivity contribution in [1.82, 2.24) is 30.2 Å². The first kappa shape index (κ1) is 12.3. The number of aromatic nitrogens is 6. The second-order valence-electron chi connectivity index (χ2n) is 4.41. The highest BCUT2D eigenvalue weighted by Crippen LogP contribution is 2.34. The van der Waals surface area contributed by atoms with E-state index in [0.29, 0.717) is 17.1 Å². The third-order valence-corrected chi connectivity index (χ3v) is 3.07. The predicted molar refractivity (Wildman–Crippen MR) is 68.4 cm³/mol. The molecule has 0 aliphatic heterocycles. The van der Waals surface area contributed by atoms with E-state index in [0.717, 1.165) is 11.1 Å². The number of benzene rings is 1. The van der Waals surface area contributed by atoms with Crippen LogP contribution >= 0.6 is 0 Å². The Kier molecular flexibility index (Phi) is 2.55. The van der Waals surface area contributed by atoms with Crippen molar-refractivity contribution >= 4 is 17.5 Å². The van der Waals surface area contributed by atoms with Crippen LogP contribution < -0.4 is 5.11 Å². The van der Waals surface area contributed by atoms with E-state index in [4.69, 9.17) is 4.84 Å². The summed E-state index contributed by atoms with van der Waals surface area (Å²) in [6, 6.07) is 7.34. The van der Waals surface area contributed by atoms with Crippen molar-refractivity contribution < 1.29 is 14.7 Å². The largest absolute Gasteiger partial charge is 0.546 e. The molecule has 0 amide bonds. The molecule has 0 spiro atoms. The molecule has 4 rings (SSSR count). The van der Waals surface area contributed by atoms with E-state index in [1.807, 2.05) is 24.3 Å². The molecule has 22 heavy (non-hydrogen) atoms. The minimum atomic E-state index is -1.36. The Morgan fingerprint density at radius 1 is 1.27 bits per heavy atom. The molecule has 1 aliphatic carbocycles. The fraction of sp³-hybridized carbons (Fsp3) is 0.0833. The number of carboxylic acid groups (broad SMARTS) is 1. The van der Waals surface area contributed by atoms with Crippen LogP contribution in [-0.2, 0) is 9.63 Å². The first-order valence-corrected chi connectivity index (χ1v) is 6.20. The van der Waals surface area contributed by atoms with Gasteiger partial charge in [0.15, 0.2) is 6.61 Å². The molecule has 2 heterocycles. The molecule has 0 unspecified atom stereocenters. The number of rotatable bonds is 3. The Bertz CT molecular complexity index is 933. The first-order valence-electron chi connectivity index (χ1n) is 6.20. The van der Waals surface area contributed by atoms with Crippen molar-refractivity contribution in [2.45, 2.75) is 0 Å². The number of hydrogen-bond acceptors (Lipinski definition) is 9. The van der Waals surface area contributed by atoms with E-state index in [1.165, 1.54) is 4.63 Å². The molecule has 0 fully saturated rings. The molecule has 10 nitrogen and oxygen atoms in total. The number of aliphatic carboxylic acids is 1.